The zero-order valence-corrected chi connectivity index (χ0v) is 16.7. The molecule has 0 saturated carbocycles. The van der Waals surface area contributed by atoms with Crippen molar-refractivity contribution in [3.8, 4) is 0 Å². The predicted octanol–water partition coefficient (Wildman–Crippen LogP) is 4.37. The largest absolute Gasteiger partial charge is 0.419 e. The van der Waals surface area contributed by atoms with Crippen molar-refractivity contribution in [1.29, 1.82) is 0 Å². The predicted molar refractivity (Wildman–Crippen MR) is 102 cm³/mol. The lowest BCUT2D eigenvalue weighted by atomic mass is 9.92. The van der Waals surface area contributed by atoms with Gasteiger partial charge in [-0.05, 0) is 18.2 Å². The second kappa shape index (κ2) is 7.47. The number of nitrogens with one attached hydrogen (secondary N) is 1. The van der Waals surface area contributed by atoms with Crippen molar-refractivity contribution in [1.82, 2.24) is 9.55 Å². The number of nitrogens with zero attached hydrogens (tertiary/aromatic N) is 2. The lowest BCUT2D eigenvalue weighted by molar-refractivity contribution is -0.140. The first kappa shape index (κ1) is 21.4. The minimum Gasteiger partial charge on any atom is -0.326 e. The molecule has 0 fully saturated rings. The lowest BCUT2D eigenvalue weighted by Gasteiger charge is -2.19. The van der Waals surface area contributed by atoms with Crippen LogP contribution in [0.25, 0.3) is 0 Å². The summed E-state index contributed by atoms with van der Waals surface area (Å²) in [6.07, 6.45) is -4.98. The van der Waals surface area contributed by atoms with Gasteiger partial charge in [-0.1, -0.05) is 32.5 Å². The highest BCUT2D eigenvalue weighted by molar-refractivity contribution is 7.99. The second-order valence-electron chi connectivity index (χ2n) is 7.79. The van der Waals surface area contributed by atoms with E-state index in [4.69, 9.17) is 0 Å². The van der Waals surface area contributed by atoms with Crippen LogP contribution in [0, 0.1) is 5.82 Å². The van der Waals surface area contributed by atoms with E-state index in [1.165, 1.54) is 22.4 Å². The Hall–Kier alpha value is -2.36. The molecular formula is C19H19F4N3O2S. The Morgan fingerprint density at radius 3 is 2.59 bits per heavy atom. The summed E-state index contributed by atoms with van der Waals surface area (Å²) in [5.74, 6) is -1.54. The van der Waals surface area contributed by atoms with Crippen molar-refractivity contribution in [3.05, 3.63) is 51.7 Å². The third-order valence-electron chi connectivity index (χ3n) is 4.43. The topological polar surface area (TPSA) is 64.0 Å². The molecule has 0 radical (unpaired) electrons. The number of halogens is 4. The van der Waals surface area contributed by atoms with Crippen molar-refractivity contribution in [2.45, 2.75) is 50.0 Å². The van der Waals surface area contributed by atoms with Crippen LogP contribution in [0.15, 0.2) is 34.2 Å². The van der Waals surface area contributed by atoms with Crippen LogP contribution in [0.4, 0.5) is 23.2 Å². The van der Waals surface area contributed by atoms with Crippen LogP contribution >= 0.6 is 11.8 Å². The molecule has 0 saturated heterocycles. The third-order valence-corrected chi connectivity index (χ3v) is 5.53. The van der Waals surface area contributed by atoms with E-state index in [0.717, 1.165) is 6.07 Å². The van der Waals surface area contributed by atoms with Crippen LogP contribution in [-0.2, 0) is 16.4 Å². The monoisotopic (exact) mass is 429 g/mol. The number of rotatable bonds is 3. The Labute approximate surface area is 168 Å². The zero-order chi connectivity index (χ0) is 21.6. The highest BCUT2D eigenvalue weighted by Crippen LogP contribution is 2.35. The number of thioether (sulfide) groups is 1. The molecule has 1 aromatic carbocycles. The summed E-state index contributed by atoms with van der Waals surface area (Å²) in [5, 5.41) is 2.86. The minimum atomic E-state index is -4.87. The molecule has 10 heteroatoms. The van der Waals surface area contributed by atoms with Gasteiger partial charge in [0.05, 0.1) is 17.3 Å². The molecule has 0 aliphatic carbocycles. The van der Waals surface area contributed by atoms with E-state index in [9.17, 15) is 27.2 Å². The molecule has 2 heterocycles. The molecule has 29 heavy (non-hydrogen) atoms. The van der Waals surface area contributed by atoms with Crippen LogP contribution in [0.2, 0.25) is 0 Å². The van der Waals surface area contributed by atoms with E-state index in [2.05, 4.69) is 10.3 Å². The summed E-state index contributed by atoms with van der Waals surface area (Å²) >= 11 is 1.35. The van der Waals surface area contributed by atoms with Gasteiger partial charge in [-0.3, -0.25) is 14.2 Å². The number of anilines is 1. The molecule has 1 amide bonds. The Bertz CT molecular complexity index is 1010. The first-order valence-electron chi connectivity index (χ1n) is 8.80. The van der Waals surface area contributed by atoms with Gasteiger partial charge in [-0.2, -0.15) is 13.2 Å². The number of aromatic nitrogens is 2. The molecule has 0 bridgehead atoms. The normalized spacial score (nSPS) is 16.6. The fraction of sp³-hybridized carbons (Fsp3) is 0.421. The Kier molecular flexibility index (Phi) is 5.50. The summed E-state index contributed by atoms with van der Waals surface area (Å²) in [5.41, 5.74) is -1.54. The van der Waals surface area contributed by atoms with Gasteiger partial charge < -0.3 is 5.32 Å². The Morgan fingerprint density at radius 2 is 1.97 bits per heavy atom. The Morgan fingerprint density at radius 1 is 1.28 bits per heavy atom. The molecule has 2 aromatic rings. The van der Waals surface area contributed by atoms with Crippen molar-refractivity contribution < 1.29 is 22.4 Å². The summed E-state index contributed by atoms with van der Waals surface area (Å²) in [6, 6.07) is 3.24. The quantitative estimate of drug-likeness (QED) is 0.581. The number of hydrogen-bond donors (Lipinski definition) is 1. The molecule has 1 N–H and O–H groups in total. The zero-order valence-electron chi connectivity index (χ0n) is 15.9. The van der Waals surface area contributed by atoms with Crippen LogP contribution in [0.5, 0.6) is 0 Å². The minimum absolute atomic E-state index is 0.116. The average Bonchev–Trinajstić information content (AvgIpc) is 2.98. The van der Waals surface area contributed by atoms with Crippen LogP contribution in [-0.4, -0.2) is 21.2 Å². The maximum absolute atomic E-state index is 13.4. The molecule has 1 atom stereocenters. The number of fused-ring (bicyclic) bond motifs is 1. The number of benzene rings is 1. The molecule has 1 unspecified atom stereocenters. The van der Waals surface area contributed by atoms with Gasteiger partial charge in [0.15, 0.2) is 5.16 Å². The summed E-state index contributed by atoms with van der Waals surface area (Å²) in [7, 11) is 0. The van der Waals surface area contributed by atoms with E-state index in [1.54, 1.807) is 0 Å². The first-order valence-corrected chi connectivity index (χ1v) is 9.78. The third kappa shape index (κ3) is 4.63. The maximum Gasteiger partial charge on any atom is 0.419 e. The molecule has 5 nitrogen and oxygen atoms in total. The van der Waals surface area contributed by atoms with Crippen molar-refractivity contribution in [2.75, 3.05) is 11.1 Å². The van der Waals surface area contributed by atoms with Crippen molar-refractivity contribution >= 4 is 23.4 Å². The number of hydrogen-bond acceptors (Lipinski definition) is 4. The van der Waals surface area contributed by atoms with E-state index < -0.39 is 29.5 Å². The highest BCUT2D eigenvalue weighted by atomic mass is 32.2. The van der Waals surface area contributed by atoms with Crippen LogP contribution < -0.4 is 10.9 Å². The smallest absolute Gasteiger partial charge is 0.326 e. The SMILES string of the molecule is CC(C)(C)c1cc(=O)n2c(n1)SCC2CC(=O)Nc1ccc(F)c(C(F)(F)F)c1. The molecule has 1 aromatic heterocycles. The van der Waals surface area contributed by atoms with Gasteiger partial charge >= 0.3 is 6.18 Å². The van der Waals surface area contributed by atoms with Crippen molar-refractivity contribution in [2.24, 2.45) is 0 Å². The van der Waals surface area contributed by atoms with Crippen molar-refractivity contribution in [3.63, 3.8) is 0 Å². The highest BCUT2D eigenvalue weighted by Gasteiger charge is 2.34. The molecule has 156 valence electrons. The van der Waals surface area contributed by atoms with E-state index in [0.29, 0.717) is 28.7 Å². The van der Waals surface area contributed by atoms with Gasteiger partial charge in [0, 0.05) is 29.3 Å². The fourth-order valence-corrected chi connectivity index (χ4v) is 4.08. The molecular weight excluding hydrogens is 410 g/mol. The summed E-state index contributed by atoms with van der Waals surface area (Å²) in [4.78, 5) is 29.4. The molecule has 0 spiro atoms. The summed E-state index contributed by atoms with van der Waals surface area (Å²) in [6.45, 7) is 5.82. The van der Waals surface area contributed by atoms with Gasteiger partial charge in [0.1, 0.15) is 5.82 Å². The molecule has 1 aliphatic heterocycles. The summed E-state index contributed by atoms with van der Waals surface area (Å²) < 4.78 is 53.3. The first-order chi connectivity index (χ1) is 13.4. The van der Waals surface area contributed by atoms with Gasteiger partial charge in [0.25, 0.3) is 5.56 Å². The molecule has 1 aliphatic rings. The standard InChI is InChI=1S/C19H19F4N3O2S/c1-18(2,3)14-8-16(28)26-11(9-29-17(26)25-14)7-15(27)24-10-4-5-13(20)12(6-10)19(21,22)23/h4-6,8,11H,7,9H2,1-3H3,(H,24,27). The van der Waals surface area contributed by atoms with E-state index in [1.807, 2.05) is 20.8 Å². The number of alkyl halides is 3. The maximum atomic E-state index is 13.4. The second-order valence-corrected chi connectivity index (χ2v) is 8.78. The number of carbonyl (C=O) groups is 1. The number of amides is 1. The Balaban J connectivity index is 1.77. The van der Waals surface area contributed by atoms with Crippen LogP contribution in [0.1, 0.15) is 44.5 Å². The van der Waals surface area contributed by atoms with Gasteiger partial charge in [-0.15, -0.1) is 0 Å². The number of carbonyl (C=O) groups excluding carboxylic acids is 1. The van der Waals surface area contributed by atoms with E-state index in [-0.39, 0.29) is 23.1 Å². The van der Waals surface area contributed by atoms with Gasteiger partial charge in [0.2, 0.25) is 5.91 Å². The fourth-order valence-electron chi connectivity index (χ4n) is 2.93. The van der Waals surface area contributed by atoms with Crippen LogP contribution in [0.3, 0.4) is 0 Å². The molecule has 3 rings (SSSR count). The van der Waals surface area contributed by atoms with E-state index >= 15 is 0 Å². The average molecular weight is 429 g/mol. The van der Waals surface area contributed by atoms with Gasteiger partial charge in [-0.25, -0.2) is 9.37 Å². The lowest BCUT2D eigenvalue weighted by Crippen LogP contribution is -2.29.